The first-order valence-corrected chi connectivity index (χ1v) is 11.2. The van der Waals surface area contributed by atoms with Gasteiger partial charge in [-0.3, -0.25) is 4.79 Å². The molecule has 0 radical (unpaired) electrons. The van der Waals surface area contributed by atoms with E-state index in [0.717, 1.165) is 0 Å². The number of carbonyl (C=O) groups excluding carboxylic acids is 1. The number of hydrogen-bond donors (Lipinski definition) is 0. The zero-order valence-electron chi connectivity index (χ0n) is 17.2. The molecule has 168 valence electrons. The molecule has 0 aliphatic heterocycles. The number of nitrogens with zero attached hydrogens (tertiary/aromatic N) is 2. The Morgan fingerprint density at radius 3 is 2.06 bits per heavy atom. The third-order valence-electron chi connectivity index (χ3n) is 5.10. The van der Waals surface area contributed by atoms with E-state index >= 15 is 0 Å². The van der Waals surface area contributed by atoms with Gasteiger partial charge in [-0.1, -0.05) is 54.6 Å². The number of fused-ring (bicyclic) bond motifs is 1. The van der Waals surface area contributed by atoms with Gasteiger partial charge in [0.1, 0.15) is 5.71 Å². The van der Waals surface area contributed by atoms with Crippen LogP contribution >= 0.6 is 0 Å². The number of rotatable bonds is 5. The second-order valence-electron chi connectivity index (χ2n) is 7.23. The smallest absolute Gasteiger partial charge is 0.314 e. The highest BCUT2D eigenvalue weighted by Gasteiger charge is 2.42. The lowest BCUT2D eigenvalue weighted by Gasteiger charge is -2.10. The fourth-order valence-electron chi connectivity index (χ4n) is 3.65. The summed E-state index contributed by atoms with van der Waals surface area (Å²) in [6.07, 6.45) is -3.63. The number of benzene rings is 2. The van der Waals surface area contributed by atoms with Crippen LogP contribution in [0.2, 0.25) is 0 Å². The molecule has 0 aliphatic carbocycles. The van der Waals surface area contributed by atoms with E-state index in [1.54, 1.807) is 54.6 Å². The van der Waals surface area contributed by atoms with Gasteiger partial charge in [-0.15, -0.1) is 0 Å². The van der Waals surface area contributed by atoms with E-state index in [9.17, 15) is 26.4 Å². The lowest BCUT2D eigenvalue weighted by molar-refractivity contribution is -0.0884. The maximum atomic E-state index is 13.4. The van der Waals surface area contributed by atoms with Crippen LogP contribution in [0.5, 0.6) is 0 Å². The van der Waals surface area contributed by atoms with Gasteiger partial charge in [-0.05, 0) is 36.8 Å². The Morgan fingerprint density at radius 1 is 0.879 bits per heavy atom. The maximum Gasteiger partial charge on any atom is 0.454 e. The Bertz CT molecular complexity index is 1470. The first-order valence-electron chi connectivity index (χ1n) is 9.78. The quantitative estimate of drug-likeness (QED) is 0.297. The normalized spacial score (nSPS) is 12.8. The molecule has 5 nitrogen and oxygen atoms in total. The van der Waals surface area contributed by atoms with Crippen molar-refractivity contribution in [1.82, 2.24) is 4.40 Å². The number of ketones is 1. The molecule has 0 saturated heterocycles. The molecule has 0 spiro atoms. The van der Waals surface area contributed by atoms with Gasteiger partial charge in [-0.25, -0.2) is 0 Å². The van der Waals surface area contributed by atoms with Gasteiger partial charge in [0.25, 0.3) is 15.8 Å². The van der Waals surface area contributed by atoms with E-state index in [1.807, 2.05) is 0 Å². The minimum absolute atomic E-state index is 0.00747. The second kappa shape index (κ2) is 8.32. The Labute approximate surface area is 187 Å². The summed E-state index contributed by atoms with van der Waals surface area (Å²) in [5, 5.41) is 0. The first-order chi connectivity index (χ1) is 15.6. The molecular weight excluding hydrogens is 453 g/mol. The highest BCUT2D eigenvalue weighted by atomic mass is 32.2. The van der Waals surface area contributed by atoms with Gasteiger partial charge < -0.3 is 4.40 Å². The van der Waals surface area contributed by atoms with E-state index in [1.165, 1.54) is 41.8 Å². The highest BCUT2D eigenvalue weighted by Crippen LogP contribution is 2.32. The number of halogens is 3. The molecule has 0 fully saturated rings. The van der Waals surface area contributed by atoms with Gasteiger partial charge in [0, 0.05) is 11.8 Å². The molecule has 9 heteroatoms. The SMILES string of the molecule is Cc1c(C(=O)C(F)(F)F)c2ccccn2c1/C(=N/S(=O)(=O)c1ccccc1)c1ccccc1. The average Bonchev–Trinajstić information content (AvgIpc) is 3.09. The molecule has 4 rings (SSSR count). The first kappa shape index (κ1) is 22.5. The lowest BCUT2D eigenvalue weighted by Crippen LogP contribution is -2.23. The largest absolute Gasteiger partial charge is 0.454 e. The molecule has 2 aromatic heterocycles. The van der Waals surface area contributed by atoms with E-state index in [4.69, 9.17) is 0 Å². The fraction of sp³-hybridized carbons (Fsp3) is 0.0833. The highest BCUT2D eigenvalue weighted by molar-refractivity contribution is 7.90. The molecule has 2 aromatic carbocycles. The predicted molar refractivity (Wildman–Crippen MR) is 118 cm³/mol. The number of pyridine rings is 1. The molecule has 0 saturated carbocycles. The fourth-order valence-corrected chi connectivity index (χ4v) is 4.69. The number of hydrogen-bond acceptors (Lipinski definition) is 3. The van der Waals surface area contributed by atoms with E-state index in [-0.39, 0.29) is 27.4 Å². The van der Waals surface area contributed by atoms with Crippen LogP contribution in [0.25, 0.3) is 5.52 Å². The minimum atomic E-state index is -5.10. The minimum Gasteiger partial charge on any atom is -0.314 e. The molecule has 0 bridgehead atoms. The van der Waals surface area contributed by atoms with Crippen LogP contribution in [0.4, 0.5) is 13.2 Å². The van der Waals surface area contributed by atoms with Crippen LogP contribution in [-0.4, -0.2) is 30.5 Å². The monoisotopic (exact) mass is 470 g/mol. The summed E-state index contributed by atoms with van der Waals surface area (Å²) < 4.78 is 71.7. The zero-order valence-corrected chi connectivity index (χ0v) is 18.1. The summed E-state index contributed by atoms with van der Waals surface area (Å²) in [4.78, 5) is 12.2. The standard InChI is InChI=1S/C24H17F3N2O3S/c1-16-20(23(30)24(25,26)27)19-14-8-9-15-29(19)22(16)21(17-10-4-2-5-11-17)28-33(31,32)18-12-6-3-7-13-18/h2-15H,1H3/b28-21+. The van der Waals surface area contributed by atoms with Crippen molar-refractivity contribution in [1.29, 1.82) is 0 Å². The van der Waals surface area contributed by atoms with Crippen molar-refractivity contribution in [3.05, 3.63) is 107 Å². The summed E-state index contributed by atoms with van der Waals surface area (Å²) in [6.45, 7) is 1.36. The topological polar surface area (TPSA) is 68.0 Å². The van der Waals surface area contributed by atoms with Gasteiger partial charge >= 0.3 is 6.18 Å². The second-order valence-corrected chi connectivity index (χ2v) is 8.83. The number of alkyl halides is 3. The van der Waals surface area contributed by atoms with Crippen molar-refractivity contribution in [2.24, 2.45) is 4.40 Å². The van der Waals surface area contributed by atoms with Crippen molar-refractivity contribution in [3.8, 4) is 0 Å². The van der Waals surface area contributed by atoms with Crippen molar-refractivity contribution < 1.29 is 26.4 Å². The van der Waals surface area contributed by atoms with Gasteiger partial charge in [0.15, 0.2) is 0 Å². The Hall–Kier alpha value is -3.72. The average molecular weight is 470 g/mol. The van der Waals surface area contributed by atoms with Crippen LogP contribution in [0.3, 0.4) is 0 Å². The number of carbonyl (C=O) groups is 1. The Kier molecular flexibility index (Phi) is 5.67. The summed E-state index contributed by atoms with van der Waals surface area (Å²) in [5.41, 5.74) is -0.168. The molecule has 4 aromatic rings. The maximum absolute atomic E-state index is 13.4. The summed E-state index contributed by atoms with van der Waals surface area (Å²) in [7, 11) is -4.21. The van der Waals surface area contributed by atoms with Gasteiger partial charge in [0.2, 0.25) is 0 Å². The summed E-state index contributed by atoms with van der Waals surface area (Å²) in [6, 6.07) is 20.2. The molecule has 0 unspecified atom stereocenters. The summed E-state index contributed by atoms with van der Waals surface area (Å²) in [5.74, 6) is -2.01. The van der Waals surface area contributed by atoms with Gasteiger partial charge in [0.05, 0.1) is 21.7 Å². The molecule has 0 aliphatic rings. The van der Waals surface area contributed by atoms with E-state index < -0.39 is 27.5 Å². The number of aromatic nitrogens is 1. The molecule has 0 atom stereocenters. The Morgan fingerprint density at radius 2 is 1.45 bits per heavy atom. The van der Waals surface area contributed by atoms with Crippen molar-refractivity contribution in [3.63, 3.8) is 0 Å². The van der Waals surface area contributed by atoms with Crippen LogP contribution in [-0.2, 0) is 10.0 Å². The van der Waals surface area contributed by atoms with Crippen LogP contribution < -0.4 is 0 Å². The molecule has 33 heavy (non-hydrogen) atoms. The van der Waals surface area contributed by atoms with Crippen LogP contribution in [0.1, 0.15) is 27.2 Å². The molecule has 0 N–H and O–H groups in total. The number of sulfonamides is 1. The molecule has 0 amide bonds. The van der Waals surface area contributed by atoms with Gasteiger partial charge in [-0.2, -0.15) is 26.0 Å². The third-order valence-corrected chi connectivity index (χ3v) is 6.39. The summed E-state index contributed by atoms with van der Waals surface area (Å²) >= 11 is 0. The van der Waals surface area contributed by atoms with Crippen molar-refractivity contribution >= 4 is 27.0 Å². The van der Waals surface area contributed by atoms with E-state index in [0.29, 0.717) is 5.56 Å². The predicted octanol–water partition coefficient (Wildman–Crippen LogP) is 5.22. The molecular formula is C24H17F3N2O3S. The van der Waals surface area contributed by atoms with E-state index in [2.05, 4.69) is 4.40 Å². The Balaban J connectivity index is 2.08. The van der Waals surface area contributed by atoms with Crippen molar-refractivity contribution in [2.45, 2.75) is 18.0 Å². The third kappa shape index (κ3) is 4.19. The number of Topliss-reactive ketones (excluding diaryl/α,β-unsaturated/α-hetero) is 1. The zero-order chi connectivity index (χ0) is 23.8. The van der Waals surface area contributed by atoms with Crippen molar-refractivity contribution in [2.75, 3.05) is 0 Å². The van der Waals surface area contributed by atoms with Crippen LogP contribution in [0.15, 0.2) is 94.4 Å². The van der Waals surface area contributed by atoms with Crippen LogP contribution in [0, 0.1) is 6.92 Å². The lowest BCUT2D eigenvalue weighted by atomic mass is 10.0. The molecule has 2 heterocycles.